The number of carbonyl (C=O) groups excluding carboxylic acids is 1. The van der Waals surface area contributed by atoms with Gasteiger partial charge in [0.15, 0.2) is 4.80 Å². The summed E-state index contributed by atoms with van der Waals surface area (Å²) in [5.74, 6) is 1.42. The summed E-state index contributed by atoms with van der Waals surface area (Å²) >= 11 is 1.32. The van der Waals surface area contributed by atoms with E-state index in [0.29, 0.717) is 22.6 Å². The Morgan fingerprint density at radius 3 is 2.90 bits per heavy atom. The number of hydrogen-bond donors (Lipinski definition) is 1. The van der Waals surface area contributed by atoms with Crippen molar-refractivity contribution >= 4 is 17.3 Å². The third-order valence-electron chi connectivity index (χ3n) is 4.22. The Balaban J connectivity index is 1.97. The third-order valence-corrected chi connectivity index (χ3v) is 4.94. The molecule has 1 aromatic rings. The summed E-state index contributed by atoms with van der Waals surface area (Å²) in [6.45, 7) is 6.79. The Labute approximate surface area is 124 Å². The molecule has 1 aliphatic rings. The van der Waals surface area contributed by atoms with Crippen LogP contribution in [-0.4, -0.2) is 16.6 Å². The van der Waals surface area contributed by atoms with E-state index in [0.717, 1.165) is 12.8 Å². The Morgan fingerprint density at radius 1 is 1.55 bits per heavy atom. The highest BCUT2D eigenvalue weighted by Crippen LogP contribution is 2.35. The van der Waals surface area contributed by atoms with Gasteiger partial charge in [-0.1, -0.05) is 27.2 Å². The minimum Gasteiger partial charge on any atom is -0.461 e. The second kappa shape index (κ2) is 6.57. The first-order chi connectivity index (χ1) is 9.47. The van der Waals surface area contributed by atoms with Gasteiger partial charge in [0.1, 0.15) is 12.6 Å². The van der Waals surface area contributed by atoms with Crippen molar-refractivity contribution in [2.45, 2.75) is 52.7 Å². The number of ether oxygens (including phenoxy) is 1. The van der Waals surface area contributed by atoms with Crippen molar-refractivity contribution in [3.8, 4) is 0 Å². The molecule has 20 heavy (non-hydrogen) atoms. The van der Waals surface area contributed by atoms with Crippen LogP contribution >= 0.6 is 11.3 Å². The Morgan fingerprint density at radius 2 is 2.30 bits per heavy atom. The van der Waals surface area contributed by atoms with Crippen LogP contribution in [0.2, 0.25) is 0 Å². The van der Waals surface area contributed by atoms with Crippen LogP contribution in [0.3, 0.4) is 0 Å². The van der Waals surface area contributed by atoms with Crippen molar-refractivity contribution in [2.24, 2.45) is 17.8 Å². The number of hydrogen-bond acceptors (Lipinski definition) is 4. The average Bonchev–Trinajstić information content (AvgIpc) is 2.74. The van der Waals surface area contributed by atoms with Crippen molar-refractivity contribution < 1.29 is 9.53 Å². The Hall–Kier alpha value is -1.10. The van der Waals surface area contributed by atoms with E-state index in [1.54, 1.807) is 10.8 Å². The summed E-state index contributed by atoms with van der Waals surface area (Å²) in [7, 11) is 0. The molecule has 112 valence electrons. The lowest BCUT2D eigenvalue weighted by molar-refractivity contribution is -0.156. The zero-order chi connectivity index (χ0) is 14.7. The number of rotatable bonds is 4. The van der Waals surface area contributed by atoms with E-state index in [2.05, 4.69) is 20.8 Å². The first-order valence-corrected chi connectivity index (χ1v) is 8.23. The topological polar surface area (TPSA) is 55.1 Å². The zero-order valence-corrected chi connectivity index (χ0v) is 13.3. The molecule has 2 rings (SSSR count). The van der Waals surface area contributed by atoms with Gasteiger partial charge < -0.3 is 9.30 Å². The lowest BCUT2D eigenvalue weighted by atomic mass is 9.75. The van der Waals surface area contributed by atoms with E-state index >= 15 is 0 Å². The van der Waals surface area contributed by atoms with Gasteiger partial charge in [0.05, 0.1) is 0 Å². The van der Waals surface area contributed by atoms with Crippen LogP contribution in [0.25, 0.3) is 0 Å². The molecule has 0 aliphatic heterocycles. The molecule has 0 unspecified atom stereocenters. The van der Waals surface area contributed by atoms with Crippen LogP contribution in [-0.2, 0) is 16.1 Å². The molecule has 1 heterocycles. The fourth-order valence-electron chi connectivity index (χ4n) is 3.02. The minimum absolute atomic E-state index is 0.0414. The quantitative estimate of drug-likeness (QED) is 0.868. The number of carbonyl (C=O) groups is 1. The van der Waals surface area contributed by atoms with Crippen LogP contribution in [0.4, 0.5) is 0 Å². The van der Waals surface area contributed by atoms with Gasteiger partial charge >= 0.3 is 5.97 Å². The fourth-order valence-corrected chi connectivity index (χ4v) is 3.62. The molecule has 0 amide bonds. The van der Waals surface area contributed by atoms with Gasteiger partial charge in [-0.25, -0.2) is 0 Å². The summed E-state index contributed by atoms with van der Waals surface area (Å²) in [6, 6.07) is 0. The van der Waals surface area contributed by atoms with Crippen LogP contribution in [0.15, 0.2) is 11.6 Å². The molecule has 0 bridgehead atoms. The maximum Gasteiger partial charge on any atom is 0.326 e. The molecule has 1 aliphatic carbocycles. The smallest absolute Gasteiger partial charge is 0.326 e. The Bertz CT molecular complexity index is 506. The highest BCUT2D eigenvalue weighted by molar-refractivity contribution is 7.06. The second-order valence-electron chi connectivity index (χ2n) is 6.19. The molecule has 1 fully saturated rings. The van der Waals surface area contributed by atoms with Gasteiger partial charge in [-0.15, -0.1) is 11.3 Å². The number of thiazole rings is 1. The average molecular weight is 296 g/mol. The lowest BCUT2D eigenvalue weighted by Gasteiger charge is -2.36. The molecule has 1 saturated carbocycles. The lowest BCUT2D eigenvalue weighted by Crippen LogP contribution is -2.37. The van der Waals surface area contributed by atoms with Gasteiger partial charge in [-0.05, 0) is 30.6 Å². The molecule has 0 radical (unpaired) electrons. The van der Waals surface area contributed by atoms with Gasteiger partial charge in [0.25, 0.3) is 0 Å². The summed E-state index contributed by atoms with van der Waals surface area (Å²) < 4.78 is 7.35. The van der Waals surface area contributed by atoms with E-state index in [9.17, 15) is 4.79 Å². The first kappa shape index (κ1) is 15.3. The van der Waals surface area contributed by atoms with E-state index in [1.165, 1.54) is 17.8 Å². The molecule has 4 nitrogen and oxygen atoms in total. The maximum atomic E-state index is 12.1. The van der Waals surface area contributed by atoms with Crippen molar-refractivity contribution in [3.05, 3.63) is 16.4 Å². The molecule has 0 aromatic carbocycles. The molecule has 0 spiro atoms. The highest BCUT2D eigenvalue weighted by atomic mass is 32.1. The van der Waals surface area contributed by atoms with E-state index in [4.69, 9.17) is 10.1 Å². The van der Waals surface area contributed by atoms with Crippen LogP contribution in [0.5, 0.6) is 0 Å². The zero-order valence-electron chi connectivity index (χ0n) is 12.5. The van der Waals surface area contributed by atoms with E-state index in [1.807, 2.05) is 5.38 Å². The highest BCUT2D eigenvalue weighted by Gasteiger charge is 2.33. The van der Waals surface area contributed by atoms with Gasteiger partial charge in [-0.3, -0.25) is 10.2 Å². The number of nitrogens with zero attached hydrogens (tertiary/aromatic N) is 1. The molecular weight excluding hydrogens is 272 g/mol. The van der Waals surface area contributed by atoms with Gasteiger partial charge in [0.2, 0.25) is 0 Å². The molecule has 1 aromatic heterocycles. The van der Waals surface area contributed by atoms with Crippen molar-refractivity contribution in [2.75, 3.05) is 0 Å². The van der Waals surface area contributed by atoms with Crippen LogP contribution in [0.1, 0.15) is 40.0 Å². The first-order valence-electron chi connectivity index (χ1n) is 7.35. The third kappa shape index (κ3) is 3.72. The fraction of sp³-hybridized carbons (Fsp3) is 0.733. The maximum absolute atomic E-state index is 12.1. The van der Waals surface area contributed by atoms with E-state index in [-0.39, 0.29) is 18.6 Å². The van der Waals surface area contributed by atoms with Crippen LogP contribution in [0, 0.1) is 23.2 Å². The van der Waals surface area contributed by atoms with Crippen molar-refractivity contribution in [1.82, 2.24) is 4.57 Å². The monoisotopic (exact) mass is 296 g/mol. The van der Waals surface area contributed by atoms with Gasteiger partial charge in [-0.2, -0.15) is 0 Å². The molecular formula is C15H24N2O2S. The van der Waals surface area contributed by atoms with E-state index < -0.39 is 0 Å². The summed E-state index contributed by atoms with van der Waals surface area (Å²) in [5, 5.41) is 9.49. The predicted molar refractivity (Wildman–Crippen MR) is 79.4 cm³/mol. The predicted octanol–water partition coefficient (Wildman–Crippen LogP) is 3.03. The molecule has 0 saturated heterocycles. The SMILES string of the molecule is CC(C)[C@@H]1CC[C@@H](C)C[C@H]1OC(=O)Cn1ccsc1=N. The molecule has 5 heteroatoms. The molecule has 3 atom stereocenters. The minimum atomic E-state index is -0.216. The normalized spacial score (nSPS) is 26.7. The Kier molecular flexibility index (Phi) is 5.02. The van der Waals surface area contributed by atoms with Crippen molar-refractivity contribution in [1.29, 1.82) is 5.41 Å². The molecule has 1 N–H and O–H groups in total. The summed E-state index contributed by atoms with van der Waals surface area (Å²) in [4.78, 5) is 12.5. The van der Waals surface area contributed by atoms with Crippen molar-refractivity contribution in [3.63, 3.8) is 0 Å². The van der Waals surface area contributed by atoms with Crippen LogP contribution < -0.4 is 4.80 Å². The largest absolute Gasteiger partial charge is 0.461 e. The summed E-state index contributed by atoms with van der Waals surface area (Å²) in [5.41, 5.74) is 0. The number of esters is 1. The second-order valence-corrected chi connectivity index (χ2v) is 7.09. The summed E-state index contributed by atoms with van der Waals surface area (Å²) in [6.07, 6.45) is 5.15. The number of nitrogens with one attached hydrogen (secondary N) is 1. The standard InChI is InChI=1S/C15H24N2O2S/c1-10(2)12-5-4-11(3)8-13(12)19-14(18)9-17-6-7-20-15(17)16/h6-7,10-13,16H,4-5,8-9H2,1-3H3/t11-,12+,13-/m1/s1. The van der Waals surface area contributed by atoms with Gasteiger partial charge in [0, 0.05) is 11.6 Å². The number of aromatic nitrogens is 1.